The summed E-state index contributed by atoms with van der Waals surface area (Å²) >= 11 is 0. The van der Waals surface area contributed by atoms with E-state index in [0.29, 0.717) is 12.8 Å². The Morgan fingerprint density at radius 2 is 1.71 bits per heavy atom. The number of likely N-dealkylation sites (tertiary alicyclic amines) is 1. The van der Waals surface area contributed by atoms with E-state index in [1.54, 1.807) is 0 Å². The van der Waals surface area contributed by atoms with E-state index in [9.17, 15) is 18.4 Å². The molecule has 1 aliphatic heterocycles. The van der Waals surface area contributed by atoms with Crippen molar-refractivity contribution < 1.29 is 23.5 Å². The third-order valence-electron chi connectivity index (χ3n) is 3.26. The molecule has 2 amide bonds. The van der Waals surface area contributed by atoms with Crippen molar-refractivity contribution in [2.24, 2.45) is 11.8 Å². The molecule has 2 rings (SSSR count). The van der Waals surface area contributed by atoms with E-state index in [-0.39, 0.29) is 0 Å². The number of carbonyl (C=O) groups excluding carboxylic acids is 2. The number of aliphatic hydroxyl groups excluding tert-OH is 1. The fraction of sp³-hybridized carbons (Fsp3) is 0.636. The zero-order chi connectivity index (χ0) is 12.6. The van der Waals surface area contributed by atoms with Crippen LogP contribution in [0, 0.1) is 11.8 Å². The minimum atomic E-state index is -2.95. The number of alkyl halides is 2. The number of β-amino-alcohol motifs (C(OH)–C–C–N with tert-alkyl or cyclic N) is 1. The molecular formula is C11H13F2NO3. The van der Waals surface area contributed by atoms with Gasteiger partial charge in [0.25, 0.3) is 6.43 Å². The number of halogens is 2. The first-order valence-corrected chi connectivity index (χ1v) is 5.48. The Morgan fingerprint density at radius 3 is 2.12 bits per heavy atom. The van der Waals surface area contributed by atoms with Gasteiger partial charge in [0, 0.05) is 0 Å². The predicted molar refractivity (Wildman–Crippen MR) is 54.1 cm³/mol. The largest absolute Gasteiger partial charge is 0.385 e. The highest BCUT2D eigenvalue weighted by Gasteiger charge is 2.47. The van der Waals surface area contributed by atoms with Gasteiger partial charge in [-0.1, -0.05) is 12.2 Å². The lowest BCUT2D eigenvalue weighted by atomic mass is 9.85. The molecule has 1 saturated heterocycles. The molecule has 4 nitrogen and oxygen atoms in total. The second-order valence-corrected chi connectivity index (χ2v) is 4.34. The number of fused-ring (bicyclic) bond motifs is 1. The molecule has 1 aliphatic carbocycles. The summed E-state index contributed by atoms with van der Waals surface area (Å²) in [6, 6.07) is 0. The molecule has 0 spiro atoms. The van der Waals surface area contributed by atoms with Crippen LogP contribution in [-0.2, 0) is 9.59 Å². The average molecular weight is 245 g/mol. The summed E-state index contributed by atoms with van der Waals surface area (Å²) in [6.45, 7) is -0.609. The molecule has 1 N–H and O–H groups in total. The van der Waals surface area contributed by atoms with Crippen molar-refractivity contribution in [1.29, 1.82) is 0 Å². The molecule has 17 heavy (non-hydrogen) atoms. The first kappa shape index (κ1) is 12.2. The van der Waals surface area contributed by atoms with Crippen LogP contribution in [0.25, 0.3) is 0 Å². The van der Waals surface area contributed by atoms with Crippen molar-refractivity contribution in [2.45, 2.75) is 25.4 Å². The number of amides is 2. The first-order valence-electron chi connectivity index (χ1n) is 5.48. The van der Waals surface area contributed by atoms with Crippen LogP contribution in [0.3, 0.4) is 0 Å². The fourth-order valence-electron chi connectivity index (χ4n) is 2.32. The lowest BCUT2D eigenvalue weighted by Gasteiger charge is -2.18. The van der Waals surface area contributed by atoms with Crippen LogP contribution in [0.2, 0.25) is 0 Å². The van der Waals surface area contributed by atoms with Gasteiger partial charge in [0.15, 0.2) is 0 Å². The fourth-order valence-corrected chi connectivity index (χ4v) is 2.32. The normalized spacial score (nSPS) is 30.0. The van der Waals surface area contributed by atoms with Crippen LogP contribution >= 0.6 is 0 Å². The lowest BCUT2D eigenvalue weighted by molar-refractivity contribution is -0.143. The molecule has 1 heterocycles. The van der Waals surface area contributed by atoms with E-state index in [0.717, 1.165) is 4.90 Å². The molecule has 0 aromatic heterocycles. The maximum Gasteiger partial charge on any atom is 0.265 e. The summed E-state index contributed by atoms with van der Waals surface area (Å²) in [5.41, 5.74) is 0. The van der Waals surface area contributed by atoms with Crippen molar-refractivity contribution in [3.63, 3.8) is 0 Å². The monoisotopic (exact) mass is 245 g/mol. The van der Waals surface area contributed by atoms with Crippen LogP contribution < -0.4 is 0 Å². The quantitative estimate of drug-likeness (QED) is 0.584. The van der Waals surface area contributed by atoms with Gasteiger partial charge in [-0.25, -0.2) is 8.78 Å². The molecule has 3 unspecified atom stereocenters. The molecule has 0 saturated carbocycles. The summed E-state index contributed by atoms with van der Waals surface area (Å²) in [4.78, 5) is 24.4. The van der Waals surface area contributed by atoms with Crippen molar-refractivity contribution >= 4 is 11.8 Å². The molecule has 1 fully saturated rings. The van der Waals surface area contributed by atoms with Crippen molar-refractivity contribution in [2.75, 3.05) is 6.54 Å². The summed E-state index contributed by atoms with van der Waals surface area (Å²) in [7, 11) is 0. The van der Waals surface area contributed by atoms with Gasteiger partial charge in [-0.2, -0.15) is 0 Å². The van der Waals surface area contributed by atoms with Gasteiger partial charge in [0.1, 0.15) is 6.10 Å². The lowest BCUT2D eigenvalue weighted by Crippen LogP contribution is -2.40. The maximum atomic E-state index is 12.2. The van der Waals surface area contributed by atoms with Gasteiger partial charge >= 0.3 is 0 Å². The second kappa shape index (κ2) is 4.52. The van der Waals surface area contributed by atoms with Crippen molar-refractivity contribution in [1.82, 2.24) is 4.90 Å². The van der Waals surface area contributed by atoms with Crippen molar-refractivity contribution in [3.8, 4) is 0 Å². The molecule has 6 heteroatoms. The Balaban J connectivity index is 2.10. The summed E-state index contributed by atoms with van der Waals surface area (Å²) < 4.78 is 24.4. The zero-order valence-corrected chi connectivity index (χ0v) is 9.05. The molecule has 0 aromatic rings. The van der Waals surface area contributed by atoms with Crippen molar-refractivity contribution in [3.05, 3.63) is 12.2 Å². The Bertz CT molecular complexity index is 344. The van der Waals surface area contributed by atoms with E-state index in [1.165, 1.54) is 0 Å². The van der Waals surface area contributed by atoms with E-state index in [4.69, 9.17) is 5.11 Å². The maximum absolute atomic E-state index is 12.2. The summed E-state index contributed by atoms with van der Waals surface area (Å²) in [5.74, 6) is -1.75. The SMILES string of the molecule is O=C1C2CC=CCC2C(=O)N1CC(O)C(F)F. The standard InChI is InChI=1S/C11H13F2NO3/c12-9(13)8(15)5-14-10(16)6-3-1-2-4-7(6)11(14)17/h1-2,6-9,15H,3-5H2. The van der Waals surface area contributed by atoms with Gasteiger partial charge < -0.3 is 5.11 Å². The smallest absolute Gasteiger partial charge is 0.265 e. The molecule has 2 aliphatic rings. The number of hydrogen-bond donors (Lipinski definition) is 1. The van der Waals surface area contributed by atoms with Gasteiger partial charge in [0.2, 0.25) is 11.8 Å². The van der Waals surface area contributed by atoms with Gasteiger partial charge in [-0.15, -0.1) is 0 Å². The minimum absolute atomic E-state index is 0.433. The molecule has 0 bridgehead atoms. The van der Waals surface area contributed by atoms with E-state index in [1.807, 2.05) is 12.2 Å². The number of allylic oxidation sites excluding steroid dienone is 2. The number of hydrogen-bond acceptors (Lipinski definition) is 3. The number of rotatable bonds is 3. The van der Waals surface area contributed by atoms with Crippen LogP contribution in [0.15, 0.2) is 12.2 Å². The molecule has 94 valence electrons. The molecule has 0 radical (unpaired) electrons. The minimum Gasteiger partial charge on any atom is -0.385 e. The molecule has 0 aromatic carbocycles. The van der Waals surface area contributed by atoms with E-state index < -0.39 is 42.7 Å². The molecular weight excluding hydrogens is 232 g/mol. The van der Waals surface area contributed by atoms with Crippen LogP contribution in [0.4, 0.5) is 8.78 Å². The highest BCUT2D eigenvalue weighted by Crippen LogP contribution is 2.35. The Morgan fingerprint density at radius 1 is 1.24 bits per heavy atom. The summed E-state index contributed by atoms with van der Waals surface area (Å²) in [5, 5.41) is 9.04. The highest BCUT2D eigenvalue weighted by atomic mass is 19.3. The number of carbonyl (C=O) groups is 2. The molecule has 3 atom stereocenters. The van der Waals surface area contributed by atoms with Crippen LogP contribution in [0.1, 0.15) is 12.8 Å². The second-order valence-electron chi connectivity index (χ2n) is 4.34. The van der Waals surface area contributed by atoms with Crippen LogP contribution in [0.5, 0.6) is 0 Å². The van der Waals surface area contributed by atoms with E-state index >= 15 is 0 Å². The Hall–Kier alpha value is -1.30. The number of imide groups is 1. The van der Waals surface area contributed by atoms with Crippen LogP contribution in [-0.4, -0.2) is 40.9 Å². The first-order chi connectivity index (χ1) is 8.02. The Kier molecular flexibility index (Phi) is 3.24. The summed E-state index contributed by atoms with van der Waals surface area (Å²) in [6.07, 6.45) is -0.335. The average Bonchev–Trinajstić information content (AvgIpc) is 2.55. The predicted octanol–water partition coefficient (Wildman–Crippen LogP) is 0.564. The third kappa shape index (κ3) is 2.09. The van der Waals surface area contributed by atoms with Gasteiger partial charge in [0.05, 0.1) is 18.4 Å². The third-order valence-corrected chi connectivity index (χ3v) is 3.26. The van der Waals surface area contributed by atoms with Gasteiger partial charge in [-0.3, -0.25) is 14.5 Å². The topological polar surface area (TPSA) is 57.6 Å². The van der Waals surface area contributed by atoms with E-state index in [2.05, 4.69) is 0 Å². The highest BCUT2D eigenvalue weighted by molar-refractivity contribution is 6.05. The zero-order valence-electron chi connectivity index (χ0n) is 9.05. The van der Waals surface area contributed by atoms with Gasteiger partial charge in [-0.05, 0) is 12.8 Å². The Labute approximate surface area is 96.9 Å². The number of nitrogens with zero attached hydrogens (tertiary/aromatic N) is 1. The number of aliphatic hydroxyl groups is 1.